The molecule has 6 heteroatoms. The molecule has 6 nitrogen and oxygen atoms in total. The molecule has 10 atom stereocenters. The smallest absolute Gasteiger partial charge is 0.224 e. The van der Waals surface area contributed by atoms with Gasteiger partial charge in [0, 0.05) is 51.1 Å². The van der Waals surface area contributed by atoms with Gasteiger partial charge in [0.25, 0.3) is 0 Å². The van der Waals surface area contributed by atoms with Gasteiger partial charge in [-0.2, -0.15) is 0 Å². The number of fused-ring (bicyclic) bond motifs is 4. The van der Waals surface area contributed by atoms with Crippen LogP contribution in [0.4, 0.5) is 0 Å². The Labute approximate surface area is 223 Å². The SMILES string of the molecule is O=C1CC[C@@H]2CCC[C@H]3CN4CCC[C@H](C[C@H]5CCCN6C[C@@H]7CCC[C@H]8CCC(=O)N([C@H]87)[C@H]56)[C@H]4N1[C@H]23. The number of piperidine rings is 4. The molecule has 6 aliphatic heterocycles. The van der Waals surface area contributed by atoms with Gasteiger partial charge in [-0.1, -0.05) is 12.8 Å². The maximum atomic E-state index is 13.6. The van der Waals surface area contributed by atoms with Gasteiger partial charge in [-0.15, -0.1) is 0 Å². The largest absolute Gasteiger partial charge is 0.323 e. The van der Waals surface area contributed by atoms with E-state index in [1.165, 1.54) is 96.8 Å². The van der Waals surface area contributed by atoms with Gasteiger partial charge in [0.05, 0.1) is 12.3 Å². The van der Waals surface area contributed by atoms with Crippen molar-refractivity contribution in [1.82, 2.24) is 19.6 Å². The molecule has 204 valence electrons. The fourth-order valence-electron chi connectivity index (χ4n) is 11.5. The Kier molecular flexibility index (Phi) is 5.91. The molecule has 6 saturated heterocycles. The van der Waals surface area contributed by atoms with E-state index in [-0.39, 0.29) is 0 Å². The first-order valence-corrected chi connectivity index (χ1v) is 16.3. The van der Waals surface area contributed by atoms with E-state index in [2.05, 4.69) is 19.6 Å². The van der Waals surface area contributed by atoms with Crippen molar-refractivity contribution in [2.75, 3.05) is 26.2 Å². The van der Waals surface area contributed by atoms with E-state index in [1.807, 2.05) is 0 Å². The van der Waals surface area contributed by atoms with E-state index < -0.39 is 0 Å². The number of carbonyl (C=O) groups is 2. The summed E-state index contributed by atoms with van der Waals surface area (Å²) in [4.78, 5) is 37.6. The van der Waals surface area contributed by atoms with Crippen molar-refractivity contribution < 1.29 is 9.59 Å². The number of hydrogen-bond donors (Lipinski definition) is 0. The molecule has 0 radical (unpaired) electrons. The Balaban J connectivity index is 1.09. The van der Waals surface area contributed by atoms with Crippen LogP contribution in [0.15, 0.2) is 0 Å². The van der Waals surface area contributed by atoms with Gasteiger partial charge in [-0.25, -0.2) is 0 Å². The van der Waals surface area contributed by atoms with Crippen molar-refractivity contribution in [2.24, 2.45) is 35.5 Å². The summed E-state index contributed by atoms with van der Waals surface area (Å²) in [5.74, 6) is 4.95. The van der Waals surface area contributed by atoms with E-state index in [0.29, 0.717) is 59.9 Å². The molecule has 2 aliphatic carbocycles. The molecule has 0 aromatic heterocycles. The monoisotopic (exact) mass is 508 g/mol. The summed E-state index contributed by atoms with van der Waals surface area (Å²) in [5.41, 5.74) is 0. The molecule has 0 aromatic carbocycles. The molecule has 6 heterocycles. The third kappa shape index (κ3) is 3.70. The highest BCUT2D eigenvalue weighted by molar-refractivity contribution is 5.78. The summed E-state index contributed by atoms with van der Waals surface area (Å²) < 4.78 is 0. The predicted molar refractivity (Wildman–Crippen MR) is 142 cm³/mol. The van der Waals surface area contributed by atoms with Gasteiger partial charge in [-0.05, 0) is 106 Å². The third-order valence-corrected chi connectivity index (χ3v) is 12.7. The van der Waals surface area contributed by atoms with Crippen molar-refractivity contribution in [1.29, 1.82) is 0 Å². The van der Waals surface area contributed by atoms with Crippen molar-refractivity contribution in [3.63, 3.8) is 0 Å². The molecule has 2 amide bonds. The summed E-state index contributed by atoms with van der Waals surface area (Å²) >= 11 is 0. The zero-order valence-electron chi connectivity index (χ0n) is 22.8. The van der Waals surface area contributed by atoms with Crippen LogP contribution in [0, 0.1) is 35.5 Å². The Hall–Kier alpha value is -1.14. The van der Waals surface area contributed by atoms with E-state index in [1.54, 1.807) is 0 Å². The van der Waals surface area contributed by atoms with Crippen molar-refractivity contribution in [2.45, 2.75) is 121 Å². The average molecular weight is 509 g/mol. The van der Waals surface area contributed by atoms with Crippen LogP contribution in [0.2, 0.25) is 0 Å². The fraction of sp³-hybridized carbons (Fsp3) is 0.935. The van der Waals surface area contributed by atoms with Gasteiger partial charge in [0.2, 0.25) is 11.8 Å². The number of nitrogens with zero attached hydrogens (tertiary/aromatic N) is 4. The maximum absolute atomic E-state index is 13.6. The predicted octanol–water partition coefficient (Wildman–Crippen LogP) is 4.29. The summed E-state index contributed by atoms with van der Waals surface area (Å²) in [6.45, 7) is 4.80. The lowest BCUT2D eigenvalue weighted by molar-refractivity contribution is -0.187. The molecule has 0 spiro atoms. The third-order valence-electron chi connectivity index (χ3n) is 12.7. The second-order valence-corrected chi connectivity index (χ2v) is 14.4. The quantitative estimate of drug-likeness (QED) is 0.558. The molecular weight excluding hydrogens is 460 g/mol. The van der Waals surface area contributed by atoms with Gasteiger partial charge >= 0.3 is 0 Å². The second-order valence-electron chi connectivity index (χ2n) is 14.4. The minimum Gasteiger partial charge on any atom is -0.323 e. The zero-order valence-corrected chi connectivity index (χ0v) is 22.8. The fourth-order valence-corrected chi connectivity index (χ4v) is 11.5. The van der Waals surface area contributed by atoms with Crippen molar-refractivity contribution in [3.05, 3.63) is 0 Å². The minimum absolute atomic E-state index is 0.328. The van der Waals surface area contributed by atoms with Crippen LogP contribution in [0.1, 0.15) is 96.3 Å². The normalized spacial score (nSPS) is 48.1. The Bertz CT molecular complexity index is 853. The lowest BCUT2D eigenvalue weighted by Gasteiger charge is -2.63. The van der Waals surface area contributed by atoms with Crippen LogP contribution in [0.5, 0.6) is 0 Å². The standard InChI is InChI=1S/C31H48N4O2/c36-26-13-11-20-5-1-7-24-18-32-15-3-9-22(30(32)34(26)28(20)24)17-23-10-4-16-33-19-25-8-2-6-21-12-14-27(37)35(29(21)25)31(23)33/h20-25,28-31H,1-19H2/t20-,21-,22+,23+,24-,25-,28+,29+,30+,31+/m0/s1. The number of carbonyl (C=O) groups excluding carboxylic acids is 2. The zero-order chi connectivity index (χ0) is 24.7. The van der Waals surface area contributed by atoms with Crippen LogP contribution in [0.25, 0.3) is 0 Å². The molecule has 2 saturated carbocycles. The van der Waals surface area contributed by atoms with Crippen molar-refractivity contribution >= 4 is 11.8 Å². The molecule has 0 bridgehead atoms. The first-order valence-electron chi connectivity index (χ1n) is 16.3. The molecule has 8 rings (SSSR count). The van der Waals surface area contributed by atoms with Gasteiger partial charge in [-0.3, -0.25) is 19.4 Å². The number of amides is 2. The van der Waals surface area contributed by atoms with E-state index in [9.17, 15) is 9.59 Å². The van der Waals surface area contributed by atoms with Gasteiger partial charge in [0.1, 0.15) is 0 Å². The van der Waals surface area contributed by atoms with Gasteiger partial charge < -0.3 is 9.80 Å². The van der Waals surface area contributed by atoms with Gasteiger partial charge in [0.15, 0.2) is 0 Å². The number of rotatable bonds is 2. The maximum Gasteiger partial charge on any atom is 0.224 e. The van der Waals surface area contributed by atoms with Crippen LogP contribution in [-0.4, -0.2) is 82.0 Å². The summed E-state index contributed by atoms with van der Waals surface area (Å²) in [5, 5.41) is 0. The molecule has 8 aliphatic rings. The lowest BCUT2D eigenvalue weighted by Crippen LogP contribution is -2.72. The Morgan fingerprint density at radius 3 is 1.49 bits per heavy atom. The van der Waals surface area contributed by atoms with Crippen LogP contribution >= 0.6 is 0 Å². The second kappa shape index (κ2) is 9.21. The van der Waals surface area contributed by atoms with E-state index in [0.717, 1.165) is 37.5 Å². The summed E-state index contributed by atoms with van der Waals surface area (Å²) in [6.07, 6.45) is 18.8. The average Bonchev–Trinajstić information content (AvgIpc) is 2.92. The highest BCUT2D eigenvalue weighted by Gasteiger charge is 2.56. The first-order chi connectivity index (χ1) is 18.2. The molecule has 8 fully saturated rings. The van der Waals surface area contributed by atoms with E-state index >= 15 is 0 Å². The van der Waals surface area contributed by atoms with Crippen molar-refractivity contribution in [3.8, 4) is 0 Å². The molecule has 0 aromatic rings. The summed E-state index contributed by atoms with van der Waals surface area (Å²) in [7, 11) is 0. The lowest BCUT2D eigenvalue weighted by atomic mass is 9.67. The van der Waals surface area contributed by atoms with Crippen LogP contribution in [0.3, 0.4) is 0 Å². The highest BCUT2D eigenvalue weighted by Crippen LogP contribution is 2.50. The molecule has 0 N–H and O–H groups in total. The van der Waals surface area contributed by atoms with Crippen LogP contribution in [-0.2, 0) is 9.59 Å². The Morgan fingerprint density at radius 1 is 0.541 bits per heavy atom. The summed E-state index contributed by atoms with van der Waals surface area (Å²) in [6, 6.07) is 1.03. The molecular formula is C31H48N4O2. The van der Waals surface area contributed by atoms with Crippen LogP contribution < -0.4 is 0 Å². The topological polar surface area (TPSA) is 47.1 Å². The molecule has 0 unspecified atom stereocenters. The Morgan fingerprint density at radius 2 is 1.00 bits per heavy atom. The first kappa shape index (κ1) is 23.7. The minimum atomic E-state index is 0.328. The molecule has 37 heavy (non-hydrogen) atoms. The van der Waals surface area contributed by atoms with E-state index in [4.69, 9.17) is 0 Å². The number of hydrogen-bond acceptors (Lipinski definition) is 4. The highest BCUT2D eigenvalue weighted by atomic mass is 16.2.